The average molecular weight is 253 g/mol. The van der Waals surface area contributed by atoms with Gasteiger partial charge < -0.3 is 4.90 Å². The summed E-state index contributed by atoms with van der Waals surface area (Å²) in [4.78, 5) is 14.9. The van der Waals surface area contributed by atoms with Crippen molar-refractivity contribution in [2.75, 3.05) is 20.6 Å². The number of ketones is 1. The van der Waals surface area contributed by atoms with Crippen LogP contribution in [0.5, 0.6) is 0 Å². The Labute approximate surface area is 104 Å². The fourth-order valence-electron chi connectivity index (χ4n) is 1.85. The fourth-order valence-corrected chi connectivity index (χ4v) is 4.31. The van der Waals surface area contributed by atoms with Gasteiger partial charge in [0.25, 0.3) is 0 Å². The number of likely N-dealkylation sites (N-methyl/N-ethyl adjacent to an activating group) is 1. The van der Waals surface area contributed by atoms with Crippen LogP contribution in [0.15, 0.2) is 5.38 Å². The maximum atomic E-state index is 12.0. The number of aryl methyl sites for hydroxylation is 2. The predicted molar refractivity (Wildman–Crippen MR) is 72.1 cm³/mol. The highest BCUT2D eigenvalue weighted by Crippen LogP contribution is 2.37. The Morgan fingerprint density at radius 2 is 2.06 bits per heavy atom. The second-order valence-corrected chi connectivity index (χ2v) is 6.46. The van der Waals surface area contributed by atoms with Crippen LogP contribution in [0.3, 0.4) is 0 Å². The van der Waals surface area contributed by atoms with E-state index in [1.54, 1.807) is 22.7 Å². The van der Waals surface area contributed by atoms with Gasteiger partial charge in [0.05, 0.1) is 15.4 Å². The predicted octanol–water partition coefficient (Wildman–Crippen LogP) is 3.32. The summed E-state index contributed by atoms with van der Waals surface area (Å²) >= 11 is 3.38. The van der Waals surface area contributed by atoms with E-state index in [4.69, 9.17) is 0 Å². The summed E-state index contributed by atoms with van der Waals surface area (Å²) in [5.41, 5.74) is 2.45. The SMILES string of the molecule is Cc1csc2sc(C(=O)CN(C)C)c(C)c12. The fraction of sp³-hybridized carbons (Fsp3) is 0.417. The molecule has 0 saturated heterocycles. The molecule has 0 aliphatic rings. The van der Waals surface area contributed by atoms with Gasteiger partial charge in [-0.2, -0.15) is 0 Å². The van der Waals surface area contributed by atoms with Gasteiger partial charge in [-0.05, 0) is 44.4 Å². The van der Waals surface area contributed by atoms with E-state index in [1.165, 1.54) is 15.0 Å². The lowest BCUT2D eigenvalue weighted by molar-refractivity contribution is 0.0961. The number of hydrogen-bond acceptors (Lipinski definition) is 4. The number of hydrogen-bond donors (Lipinski definition) is 0. The third kappa shape index (κ3) is 1.93. The van der Waals surface area contributed by atoms with Gasteiger partial charge in [0.2, 0.25) is 0 Å². The summed E-state index contributed by atoms with van der Waals surface area (Å²) in [6.45, 7) is 4.66. The third-order valence-corrected chi connectivity index (χ3v) is 5.12. The van der Waals surface area contributed by atoms with Crippen LogP contribution in [0.1, 0.15) is 20.8 Å². The molecule has 16 heavy (non-hydrogen) atoms. The lowest BCUT2D eigenvalue weighted by Gasteiger charge is -2.07. The molecule has 4 heteroatoms. The summed E-state index contributed by atoms with van der Waals surface area (Å²) in [5, 5.41) is 3.45. The molecule has 0 atom stereocenters. The highest BCUT2D eigenvalue weighted by atomic mass is 32.2. The van der Waals surface area contributed by atoms with Crippen molar-refractivity contribution in [3.63, 3.8) is 0 Å². The smallest absolute Gasteiger partial charge is 0.187 e. The summed E-state index contributed by atoms with van der Waals surface area (Å²) in [7, 11) is 3.85. The lowest BCUT2D eigenvalue weighted by Crippen LogP contribution is -2.21. The first-order valence-electron chi connectivity index (χ1n) is 5.16. The van der Waals surface area contributed by atoms with Crippen LogP contribution in [0.25, 0.3) is 9.40 Å². The zero-order valence-electron chi connectivity index (χ0n) is 9.96. The minimum Gasteiger partial charge on any atom is -0.302 e. The van der Waals surface area contributed by atoms with E-state index in [-0.39, 0.29) is 5.78 Å². The number of fused-ring (bicyclic) bond motifs is 1. The van der Waals surface area contributed by atoms with E-state index in [9.17, 15) is 4.79 Å². The van der Waals surface area contributed by atoms with Gasteiger partial charge in [-0.25, -0.2) is 0 Å². The van der Waals surface area contributed by atoms with Crippen molar-refractivity contribution in [2.45, 2.75) is 13.8 Å². The number of carbonyl (C=O) groups excluding carboxylic acids is 1. The molecule has 2 aromatic heterocycles. The molecule has 0 amide bonds. The minimum absolute atomic E-state index is 0.232. The van der Waals surface area contributed by atoms with Crippen LogP contribution in [-0.4, -0.2) is 31.3 Å². The van der Waals surface area contributed by atoms with Crippen LogP contribution in [0.2, 0.25) is 0 Å². The van der Waals surface area contributed by atoms with E-state index in [1.807, 2.05) is 19.0 Å². The molecule has 0 aliphatic heterocycles. The zero-order valence-corrected chi connectivity index (χ0v) is 11.6. The molecular weight excluding hydrogens is 238 g/mol. The van der Waals surface area contributed by atoms with Crippen molar-refractivity contribution < 1.29 is 4.79 Å². The maximum Gasteiger partial charge on any atom is 0.187 e. The Kier molecular flexibility index (Phi) is 3.15. The van der Waals surface area contributed by atoms with Crippen LogP contribution in [-0.2, 0) is 0 Å². The molecule has 0 aromatic carbocycles. The third-order valence-electron chi connectivity index (χ3n) is 2.56. The Hall–Kier alpha value is -0.710. The van der Waals surface area contributed by atoms with Crippen LogP contribution in [0, 0.1) is 13.8 Å². The first-order valence-corrected chi connectivity index (χ1v) is 6.85. The number of carbonyl (C=O) groups is 1. The molecule has 0 unspecified atom stereocenters. The van der Waals surface area contributed by atoms with E-state index in [0.717, 1.165) is 10.4 Å². The standard InChI is InChI=1S/C12H15NOS2/c1-7-6-15-12-10(7)8(2)11(16-12)9(14)5-13(3)4/h6H,5H2,1-4H3. The Balaban J connectivity index is 2.45. The molecule has 0 bridgehead atoms. The van der Waals surface area contributed by atoms with Crippen LogP contribution < -0.4 is 0 Å². The lowest BCUT2D eigenvalue weighted by atomic mass is 10.1. The number of thiophene rings is 2. The Morgan fingerprint density at radius 1 is 1.38 bits per heavy atom. The first kappa shape index (κ1) is 11.8. The van der Waals surface area contributed by atoms with Crippen molar-refractivity contribution in [3.8, 4) is 0 Å². The van der Waals surface area contributed by atoms with E-state index >= 15 is 0 Å². The van der Waals surface area contributed by atoms with Crippen molar-refractivity contribution in [1.29, 1.82) is 0 Å². The number of Topliss-reactive ketones (excluding diaryl/α,β-unsaturated/α-hetero) is 1. The molecule has 0 spiro atoms. The van der Waals surface area contributed by atoms with E-state index in [2.05, 4.69) is 19.2 Å². The highest BCUT2D eigenvalue weighted by Gasteiger charge is 2.17. The van der Waals surface area contributed by atoms with E-state index in [0.29, 0.717) is 6.54 Å². The molecule has 2 aromatic rings. The highest BCUT2D eigenvalue weighted by molar-refractivity contribution is 7.38. The van der Waals surface area contributed by atoms with Gasteiger partial charge in [-0.1, -0.05) is 0 Å². The minimum atomic E-state index is 0.232. The van der Waals surface area contributed by atoms with Crippen LogP contribution in [0.4, 0.5) is 0 Å². The topological polar surface area (TPSA) is 20.3 Å². The molecule has 0 saturated carbocycles. The average Bonchev–Trinajstić information content (AvgIpc) is 2.68. The van der Waals surface area contributed by atoms with Gasteiger partial charge in [0, 0.05) is 5.39 Å². The normalized spacial score (nSPS) is 11.6. The molecule has 86 valence electrons. The second kappa shape index (κ2) is 4.28. The summed E-state index contributed by atoms with van der Waals surface area (Å²) in [5.74, 6) is 0.232. The molecular formula is C12H15NOS2. The van der Waals surface area contributed by atoms with Crippen molar-refractivity contribution in [3.05, 3.63) is 21.4 Å². The molecule has 0 radical (unpaired) electrons. The van der Waals surface area contributed by atoms with Gasteiger partial charge in [-0.15, -0.1) is 22.7 Å². The van der Waals surface area contributed by atoms with Crippen LogP contribution >= 0.6 is 22.7 Å². The Morgan fingerprint density at radius 3 is 2.62 bits per heavy atom. The largest absolute Gasteiger partial charge is 0.302 e. The van der Waals surface area contributed by atoms with Gasteiger partial charge in [-0.3, -0.25) is 4.79 Å². The summed E-state index contributed by atoms with van der Waals surface area (Å²) in [6, 6.07) is 0. The zero-order chi connectivity index (χ0) is 11.9. The van der Waals surface area contributed by atoms with Crippen molar-refractivity contribution >= 4 is 37.9 Å². The van der Waals surface area contributed by atoms with Gasteiger partial charge >= 0.3 is 0 Å². The van der Waals surface area contributed by atoms with Crippen molar-refractivity contribution in [2.24, 2.45) is 0 Å². The molecule has 0 N–H and O–H groups in total. The molecule has 0 aliphatic carbocycles. The maximum absolute atomic E-state index is 12.0. The van der Waals surface area contributed by atoms with Gasteiger partial charge in [0.15, 0.2) is 5.78 Å². The van der Waals surface area contributed by atoms with Gasteiger partial charge in [0.1, 0.15) is 0 Å². The van der Waals surface area contributed by atoms with Crippen molar-refractivity contribution in [1.82, 2.24) is 4.90 Å². The molecule has 2 rings (SSSR count). The van der Waals surface area contributed by atoms with E-state index < -0.39 is 0 Å². The quantitative estimate of drug-likeness (QED) is 0.782. The first-order chi connectivity index (χ1) is 7.50. The molecule has 0 fully saturated rings. The number of rotatable bonds is 3. The molecule has 2 heterocycles. The monoisotopic (exact) mass is 253 g/mol. The Bertz CT molecular complexity index is 536. The molecule has 2 nitrogen and oxygen atoms in total. The second-order valence-electron chi connectivity index (χ2n) is 4.30. The summed E-state index contributed by atoms with van der Waals surface area (Å²) in [6.07, 6.45) is 0. The summed E-state index contributed by atoms with van der Waals surface area (Å²) < 4.78 is 1.28. The number of nitrogens with zero attached hydrogens (tertiary/aromatic N) is 1.